The third kappa shape index (κ3) is 17.4. The van der Waals surface area contributed by atoms with Gasteiger partial charge in [0.15, 0.2) is 5.58 Å². The Labute approximate surface area is 383 Å². The molecule has 0 aliphatic rings. The second-order valence-electron chi connectivity index (χ2n) is 15.6. The number of nitrogens with zero attached hydrogens (tertiary/aromatic N) is 3. The number of aliphatic hydroxyl groups excluding tert-OH is 1. The van der Waals surface area contributed by atoms with Gasteiger partial charge < -0.3 is 59.6 Å². The number of fused-ring (bicyclic) bond motifs is 1. The monoisotopic (exact) mass is 915 g/mol. The van der Waals surface area contributed by atoms with Crippen molar-refractivity contribution in [1.29, 1.82) is 0 Å². The van der Waals surface area contributed by atoms with E-state index in [4.69, 9.17) is 38.6 Å². The summed E-state index contributed by atoms with van der Waals surface area (Å²) in [6.07, 6.45) is -0.741. The average Bonchev–Trinajstić information content (AvgIpc) is 3.74. The van der Waals surface area contributed by atoms with Crippen LogP contribution in [0, 0.1) is 5.92 Å². The highest BCUT2D eigenvalue weighted by atomic mass is 16.6. The Morgan fingerprint density at radius 1 is 0.773 bits per heavy atom. The Morgan fingerprint density at radius 3 is 2.02 bits per heavy atom. The summed E-state index contributed by atoms with van der Waals surface area (Å²) in [7, 11) is 1.55. The van der Waals surface area contributed by atoms with Gasteiger partial charge in [-0.05, 0) is 72.9 Å². The Hall–Kier alpha value is -6.06. The SMILES string of the molecule is CC(C)C[C@H](NC(=O)[C@@H](O)[C@H](N)Cc1ccccc1)C(=O)NCCOCCOCCOCCOCCOCCOc1ccc(C(=O)Nc2ccc3oc(-c4ccc(=O)n(C)n4)nc3c2)cc1. The Balaban J connectivity index is 0.817. The van der Waals surface area contributed by atoms with Gasteiger partial charge in [-0.1, -0.05) is 44.2 Å². The lowest BCUT2D eigenvalue weighted by molar-refractivity contribution is -0.135. The van der Waals surface area contributed by atoms with Crippen LogP contribution in [0.5, 0.6) is 5.75 Å². The topological polar surface area (TPSA) is 250 Å². The van der Waals surface area contributed by atoms with Crippen molar-refractivity contribution in [2.45, 2.75) is 44.9 Å². The van der Waals surface area contributed by atoms with Crippen molar-refractivity contribution in [2.75, 3.05) is 84.5 Å². The van der Waals surface area contributed by atoms with Crippen molar-refractivity contribution in [1.82, 2.24) is 25.4 Å². The van der Waals surface area contributed by atoms with Crippen LogP contribution in [-0.2, 0) is 46.7 Å². The maximum Gasteiger partial charge on any atom is 0.266 e. The molecule has 0 saturated heterocycles. The number of rotatable bonds is 30. The number of oxazole rings is 1. The van der Waals surface area contributed by atoms with Gasteiger partial charge in [0.2, 0.25) is 11.8 Å². The fourth-order valence-corrected chi connectivity index (χ4v) is 6.36. The molecule has 2 aromatic heterocycles. The van der Waals surface area contributed by atoms with Gasteiger partial charge >= 0.3 is 0 Å². The van der Waals surface area contributed by atoms with E-state index in [1.807, 2.05) is 44.2 Å². The summed E-state index contributed by atoms with van der Waals surface area (Å²) in [6, 6.07) is 22.5. The van der Waals surface area contributed by atoms with Crippen LogP contribution in [0.25, 0.3) is 22.7 Å². The molecule has 0 fully saturated rings. The number of amides is 3. The number of hydrogen-bond acceptors (Lipinski definition) is 15. The molecule has 19 heteroatoms. The number of carbonyl (C=O) groups excluding carboxylic acids is 3. The molecule has 0 aliphatic heterocycles. The summed E-state index contributed by atoms with van der Waals surface area (Å²) in [4.78, 5) is 54.6. The van der Waals surface area contributed by atoms with E-state index in [2.05, 4.69) is 26.0 Å². The maximum atomic E-state index is 12.9. The Morgan fingerprint density at radius 2 is 1.39 bits per heavy atom. The molecule has 5 aromatic rings. The van der Waals surface area contributed by atoms with E-state index >= 15 is 0 Å². The summed E-state index contributed by atoms with van der Waals surface area (Å²) in [5.41, 5.74) is 9.19. The quantitative estimate of drug-likeness (QED) is 0.0416. The highest BCUT2D eigenvalue weighted by Crippen LogP contribution is 2.25. The number of benzene rings is 3. The van der Waals surface area contributed by atoms with Gasteiger partial charge in [0.05, 0.1) is 66.1 Å². The van der Waals surface area contributed by atoms with E-state index in [1.54, 1.807) is 55.6 Å². The number of hydrogen-bond donors (Lipinski definition) is 5. The lowest BCUT2D eigenvalue weighted by atomic mass is 10.00. The predicted molar refractivity (Wildman–Crippen MR) is 245 cm³/mol. The minimum atomic E-state index is -1.46. The summed E-state index contributed by atoms with van der Waals surface area (Å²) in [5, 5.41) is 23.0. The molecule has 2 heterocycles. The number of anilines is 1. The number of aryl methyl sites for hydroxylation is 1. The number of nitrogens with two attached hydrogens (primary N) is 1. The molecule has 0 spiro atoms. The van der Waals surface area contributed by atoms with Gasteiger partial charge in [0.1, 0.15) is 35.7 Å². The van der Waals surface area contributed by atoms with Crippen LogP contribution < -0.4 is 32.0 Å². The van der Waals surface area contributed by atoms with E-state index < -0.39 is 24.1 Å². The molecule has 0 bridgehead atoms. The third-order valence-electron chi connectivity index (χ3n) is 9.80. The Bertz CT molecular complexity index is 2310. The van der Waals surface area contributed by atoms with Gasteiger partial charge in [0, 0.05) is 37.0 Å². The summed E-state index contributed by atoms with van der Waals surface area (Å²) < 4.78 is 40.4. The minimum Gasteiger partial charge on any atom is -0.491 e. The largest absolute Gasteiger partial charge is 0.491 e. The number of carbonyl (C=O) groups is 3. The first kappa shape index (κ1) is 50.9. The fourth-order valence-electron chi connectivity index (χ4n) is 6.36. The Kier molecular flexibility index (Phi) is 21.2. The van der Waals surface area contributed by atoms with Crippen molar-refractivity contribution in [3.63, 3.8) is 0 Å². The van der Waals surface area contributed by atoms with E-state index in [1.165, 1.54) is 10.7 Å². The summed E-state index contributed by atoms with van der Waals surface area (Å²) in [5.74, 6) is -0.361. The van der Waals surface area contributed by atoms with Crippen molar-refractivity contribution >= 4 is 34.5 Å². The summed E-state index contributed by atoms with van der Waals surface area (Å²) >= 11 is 0. The first-order chi connectivity index (χ1) is 32.0. The standard InChI is InChI=1S/C47H61N7O12/c1-32(2)29-40(51-46(59)43(56)37(48)30-33-7-5-4-6-8-33)45(58)49-17-18-60-19-20-61-21-22-62-23-24-63-25-26-64-27-28-65-36-12-9-34(10-13-36)44(57)50-35-11-15-41-39(31-35)52-47(66-41)38-14-16-42(55)54(3)53-38/h4-16,31-32,37,40,43,56H,17-30,48H2,1-3H3,(H,49,58)(H,50,57)(H,51,59)/t37-,40+,43+/m1/s1. The normalized spacial score (nSPS) is 12.8. The second-order valence-corrected chi connectivity index (χ2v) is 15.6. The van der Waals surface area contributed by atoms with Gasteiger partial charge in [0.25, 0.3) is 17.4 Å². The fraction of sp³-hybridized carbons (Fsp3) is 0.447. The highest BCUT2D eigenvalue weighted by Gasteiger charge is 2.28. The number of aromatic nitrogens is 3. The molecule has 356 valence electrons. The molecule has 0 saturated carbocycles. The molecule has 3 amide bonds. The zero-order valence-electron chi connectivity index (χ0n) is 37.6. The lowest BCUT2D eigenvalue weighted by Crippen LogP contribution is -2.54. The van der Waals surface area contributed by atoms with Gasteiger partial charge in [-0.3, -0.25) is 19.2 Å². The number of ether oxygens (including phenoxy) is 6. The van der Waals surface area contributed by atoms with Gasteiger partial charge in [-0.2, -0.15) is 5.10 Å². The molecule has 0 aliphatic carbocycles. The lowest BCUT2D eigenvalue weighted by Gasteiger charge is -2.24. The molecule has 5 rings (SSSR count). The molecule has 3 aromatic carbocycles. The van der Waals surface area contributed by atoms with E-state index in [0.29, 0.717) is 113 Å². The van der Waals surface area contributed by atoms with E-state index in [0.717, 1.165) is 5.56 Å². The average molecular weight is 916 g/mol. The first-order valence-corrected chi connectivity index (χ1v) is 21.9. The first-order valence-electron chi connectivity index (χ1n) is 21.9. The van der Waals surface area contributed by atoms with Crippen molar-refractivity contribution in [2.24, 2.45) is 18.7 Å². The molecule has 0 radical (unpaired) electrons. The minimum absolute atomic E-state index is 0.123. The molecule has 66 heavy (non-hydrogen) atoms. The highest BCUT2D eigenvalue weighted by molar-refractivity contribution is 6.05. The molecule has 0 unspecified atom stereocenters. The molecule has 19 nitrogen and oxygen atoms in total. The van der Waals surface area contributed by atoms with Gasteiger partial charge in [-0.15, -0.1) is 0 Å². The van der Waals surface area contributed by atoms with Crippen LogP contribution in [0.2, 0.25) is 0 Å². The number of nitrogens with one attached hydrogen (secondary N) is 3. The van der Waals surface area contributed by atoms with Crippen LogP contribution in [0.15, 0.2) is 94.1 Å². The predicted octanol–water partition coefficient (Wildman–Crippen LogP) is 2.88. The van der Waals surface area contributed by atoms with Crippen LogP contribution in [0.4, 0.5) is 5.69 Å². The third-order valence-corrected chi connectivity index (χ3v) is 9.80. The van der Waals surface area contributed by atoms with Crippen LogP contribution in [0.1, 0.15) is 36.2 Å². The molecule has 6 N–H and O–H groups in total. The summed E-state index contributed by atoms with van der Waals surface area (Å²) in [6.45, 7) is 8.17. The van der Waals surface area contributed by atoms with Crippen molar-refractivity contribution in [3.8, 4) is 17.3 Å². The smallest absolute Gasteiger partial charge is 0.266 e. The second kappa shape index (κ2) is 27.4. The van der Waals surface area contributed by atoms with E-state index in [9.17, 15) is 24.3 Å². The van der Waals surface area contributed by atoms with Crippen LogP contribution >= 0.6 is 0 Å². The van der Waals surface area contributed by atoms with E-state index in [-0.39, 0.29) is 42.3 Å². The van der Waals surface area contributed by atoms with Crippen LogP contribution in [0.3, 0.4) is 0 Å². The molecule has 3 atom stereocenters. The maximum absolute atomic E-state index is 12.9. The van der Waals surface area contributed by atoms with Gasteiger partial charge in [-0.25, -0.2) is 9.67 Å². The van der Waals surface area contributed by atoms with Crippen molar-refractivity contribution in [3.05, 3.63) is 106 Å². The van der Waals surface area contributed by atoms with Crippen LogP contribution in [-0.4, -0.2) is 135 Å². The molecular formula is C47H61N7O12. The van der Waals surface area contributed by atoms with Crippen molar-refractivity contribution < 1.29 is 52.3 Å². The molecular weight excluding hydrogens is 855 g/mol. The zero-order chi connectivity index (χ0) is 47.1. The zero-order valence-corrected chi connectivity index (χ0v) is 37.6. The number of aliphatic hydroxyl groups is 1.